The highest BCUT2D eigenvalue weighted by Crippen LogP contribution is 2.12. The molecule has 1 N–H and O–H groups in total. The average molecular weight is 311 g/mol. The van der Waals surface area contributed by atoms with Crippen molar-refractivity contribution in [3.8, 4) is 0 Å². The van der Waals surface area contributed by atoms with Gasteiger partial charge in [-0.15, -0.1) is 0 Å². The largest absolute Gasteiger partial charge is 0.334 e. The smallest absolute Gasteiger partial charge is 0.324 e. The lowest BCUT2D eigenvalue weighted by molar-refractivity contribution is -0.130. The summed E-state index contributed by atoms with van der Waals surface area (Å²) in [5.74, 6) is -0.0745. The number of carbonyl (C=O) groups excluding carboxylic acids is 2. The van der Waals surface area contributed by atoms with Crippen molar-refractivity contribution in [2.75, 3.05) is 6.54 Å². The Morgan fingerprint density at radius 2 is 2.00 bits per heavy atom. The van der Waals surface area contributed by atoms with E-state index in [9.17, 15) is 9.59 Å². The Morgan fingerprint density at radius 1 is 1.28 bits per heavy atom. The van der Waals surface area contributed by atoms with Gasteiger partial charge in [0.1, 0.15) is 0 Å². The van der Waals surface area contributed by atoms with Crippen LogP contribution in [0.15, 0.2) is 28.7 Å². The van der Waals surface area contributed by atoms with E-state index >= 15 is 0 Å². The summed E-state index contributed by atoms with van der Waals surface area (Å²) in [5, 5.41) is 2.77. The van der Waals surface area contributed by atoms with E-state index in [2.05, 4.69) is 21.2 Å². The number of urea groups is 1. The molecular weight excluding hydrogens is 296 g/mol. The van der Waals surface area contributed by atoms with Crippen LogP contribution in [-0.4, -0.2) is 23.4 Å². The van der Waals surface area contributed by atoms with Crippen molar-refractivity contribution in [2.45, 2.75) is 25.8 Å². The third-order valence-corrected chi connectivity index (χ3v) is 3.45. The third-order valence-electron chi connectivity index (χ3n) is 2.93. The number of amides is 3. The average Bonchev–Trinajstić information content (AvgIpc) is 2.38. The maximum atomic E-state index is 11.8. The fourth-order valence-corrected chi connectivity index (χ4v) is 2.16. The van der Waals surface area contributed by atoms with Crippen LogP contribution >= 0.6 is 15.9 Å². The van der Waals surface area contributed by atoms with Crippen LogP contribution in [0.4, 0.5) is 4.79 Å². The van der Waals surface area contributed by atoms with Crippen LogP contribution in [0.1, 0.15) is 24.8 Å². The number of likely N-dealkylation sites (tertiary alicyclic amines) is 1. The second kappa shape index (κ2) is 6.00. The minimum Gasteiger partial charge on any atom is -0.334 e. The monoisotopic (exact) mass is 310 g/mol. The molecule has 0 unspecified atom stereocenters. The highest BCUT2D eigenvalue weighted by atomic mass is 79.9. The molecule has 1 heterocycles. The Bertz CT molecular complexity index is 445. The van der Waals surface area contributed by atoms with E-state index in [1.807, 2.05) is 24.3 Å². The molecule has 0 aromatic heterocycles. The molecule has 0 spiro atoms. The van der Waals surface area contributed by atoms with E-state index in [0.717, 1.165) is 22.9 Å². The van der Waals surface area contributed by atoms with E-state index < -0.39 is 0 Å². The number of nitrogens with zero attached hydrogens (tertiary/aromatic N) is 1. The molecule has 3 amide bonds. The van der Waals surface area contributed by atoms with Crippen molar-refractivity contribution >= 4 is 27.9 Å². The van der Waals surface area contributed by atoms with Gasteiger partial charge in [-0.3, -0.25) is 9.69 Å². The first-order chi connectivity index (χ1) is 8.66. The number of nitrogens with one attached hydrogen (secondary N) is 1. The zero-order chi connectivity index (χ0) is 13.0. The minimum absolute atomic E-state index is 0.0745. The van der Waals surface area contributed by atoms with Crippen LogP contribution < -0.4 is 5.32 Å². The molecule has 1 aliphatic rings. The SMILES string of the molecule is O=C1CCCCN1C(=O)NCc1ccc(Br)cc1. The van der Waals surface area contributed by atoms with Crippen LogP contribution in [-0.2, 0) is 11.3 Å². The lowest BCUT2D eigenvalue weighted by Gasteiger charge is -2.24. The topological polar surface area (TPSA) is 49.4 Å². The number of piperidine rings is 1. The minimum atomic E-state index is -0.289. The van der Waals surface area contributed by atoms with Crippen LogP contribution in [0.2, 0.25) is 0 Å². The molecule has 1 fully saturated rings. The number of rotatable bonds is 2. The molecule has 0 bridgehead atoms. The van der Waals surface area contributed by atoms with E-state index in [1.54, 1.807) is 0 Å². The van der Waals surface area contributed by atoms with E-state index in [-0.39, 0.29) is 11.9 Å². The molecule has 1 saturated heterocycles. The summed E-state index contributed by atoms with van der Waals surface area (Å²) in [6.45, 7) is 0.973. The Morgan fingerprint density at radius 3 is 2.67 bits per heavy atom. The van der Waals surface area contributed by atoms with Crippen LogP contribution in [0, 0.1) is 0 Å². The first-order valence-electron chi connectivity index (χ1n) is 5.99. The van der Waals surface area contributed by atoms with Gasteiger partial charge in [-0.25, -0.2) is 4.79 Å². The molecule has 18 heavy (non-hydrogen) atoms. The second-order valence-electron chi connectivity index (χ2n) is 4.29. The maximum absolute atomic E-state index is 11.8. The zero-order valence-electron chi connectivity index (χ0n) is 9.99. The summed E-state index contributed by atoms with van der Waals surface area (Å²) in [6, 6.07) is 7.42. The number of hydrogen-bond donors (Lipinski definition) is 1. The van der Waals surface area contributed by atoms with Gasteiger partial charge in [0.25, 0.3) is 0 Å². The Balaban J connectivity index is 1.87. The van der Waals surface area contributed by atoms with Crippen molar-refractivity contribution in [2.24, 2.45) is 0 Å². The summed E-state index contributed by atoms with van der Waals surface area (Å²) >= 11 is 3.36. The lowest BCUT2D eigenvalue weighted by Crippen LogP contribution is -2.45. The Kier molecular flexibility index (Phi) is 4.36. The van der Waals surface area contributed by atoms with Crippen LogP contribution in [0.25, 0.3) is 0 Å². The summed E-state index contributed by atoms with van der Waals surface area (Å²) in [7, 11) is 0. The fraction of sp³-hybridized carbons (Fsp3) is 0.385. The molecule has 0 atom stereocenters. The van der Waals surface area contributed by atoms with E-state index in [1.165, 1.54) is 4.90 Å². The molecule has 4 nitrogen and oxygen atoms in total. The number of benzene rings is 1. The molecule has 1 aromatic rings. The number of imide groups is 1. The highest BCUT2D eigenvalue weighted by molar-refractivity contribution is 9.10. The summed E-state index contributed by atoms with van der Waals surface area (Å²) in [5.41, 5.74) is 1.01. The molecule has 2 rings (SSSR count). The molecule has 0 saturated carbocycles. The van der Waals surface area contributed by atoms with Gasteiger partial charge in [0.2, 0.25) is 5.91 Å². The Hall–Kier alpha value is -1.36. The van der Waals surface area contributed by atoms with Gasteiger partial charge in [-0.2, -0.15) is 0 Å². The van der Waals surface area contributed by atoms with Crippen molar-refractivity contribution < 1.29 is 9.59 Å². The predicted molar refractivity (Wildman–Crippen MR) is 71.9 cm³/mol. The number of hydrogen-bond acceptors (Lipinski definition) is 2. The van der Waals surface area contributed by atoms with Gasteiger partial charge >= 0.3 is 6.03 Å². The molecule has 0 aliphatic carbocycles. The zero-order valence-corrected chi connectivity index (χ0v) is 11.6. The van der Waals surface area contributed by atoms with Crippen LogP contribution in [0.3, 0.4) is 0 Å². The van der Waals surface area contributed by atoms with E-state index in [0.29, 0.717) is 19.5 Å². The van der Waals surface area contributed by atoms with Crippen molar-refractivity contribution in [1.82, 2.24) is 10.2 Å². The Labute approximate surface area is 114 Å². The summed E-state index contributed by atoms with van der Waals surface area (Å²) < 4.78 is 1.00. The normalized spacial score (nSPS) is 15.6. The van der Waals surface area contributed by atoms with Gasteiger partial charge in [-0.05, 0) is 30.5 Å². The van der Waals surface area contributed by atoms with Crippen molar-refractivity contribution in [3.63, 3.8) is 0 Å². The molecule has 5 heteroatoms. The first kappa shape index (κ1) is 13.1. The molecule has 0 radical (unpaired) electrons. The van der Waals surface area contributed by atoms with Gasteiger partial charge in [0.05, 0.1) is 0 Å². The fourth-order valence-electron chi connectivity index (χ4n) is 1.90. The predicted octanol–water partition coefficient (Wildman–Crippen LogP) is 2.67. The number of carbonyl (C=O) groups is 2. The third kappa shape index (κ3) is 3.32. The lowest BCUT2D eigenvalue weighted by atomic mass is 10.1. The van der Waals surface area contributed by atoms with Gasteiger partial charge in [0, 0.05) is 24.0 Å². The first-order valence-corrected chi connectivity index (χ1v) is 6.79. The molecule has 1 aromatic carbocycles. The van der Waals surface area contributed by atoms with Gasteiger partial charge in [0.15, 0.2) is 0 Å². The van der Waals surface area contributed by atoms with Gasteiger partial charge < -0.3 is 5.32 Å². The van der Waals surface area contributed by atoms with Crippen molar-refractivity contribution in [3.05, 3.63) is 34.3 Å². The summed E-state index contributed by atoms with van der Waals surface area (Å²) in [6.07, 6.45) is 2.26. The molecular formula is C13H15BrN2O2. The summed E-state index contributed by atoms with van der Waals surface area (Å²) in [4.78, 5) is 24.7. The van der Waals surface area contributed by atoms with Gasteiger partial charge in [-0.1, -0.05) is 28.1 Å². The second-order valence-corrected chi connectivity index (χ2v) is 5.20. The molecule has 1 aliphatic heterocycles. The highest BCUT2D eigenvalue weighted by Gasteiger charge is 2.23. The van der Waals surface area contributed by atoms with Crippen molar-refractivity contribution in [1.29, 1.82) is 0 Å². The molecule has 96 valence electrons. The standard InChI is InChI=1S/C13H15BrN2O2/c14-11-6-4-10(5-7-11)9-15-13(18)16-8-2-1-3-12(16)17/h4-7H,1-3,8-9H2,(H,15,18). The quantitative estimate of drug-likeness (QED) is 0.913. The number of halogens is 1. The van der Waals surface area contributed by atoms with Crippen LogP contribution in [0.5, 0.6) is 0 Å². The van der Waals surface area contributed by atoms with E-state index in [4.69, 9.17) is 0 Å². The maximum Gasteiger partial charge on any atom is 0.324 e.